The molecule has 1 fully saturated rings. The summed E-state index contributed by atoms with van der Waals surface area (Å²) in [6.45, 7) is 11.2. The van der Waals surface area contributed by atoms with Crippen molar-refractivity contribution in [3.8, 4) is 0 Å². The van der Waals surface area contributed by atoms with Crippen molar-refractivity contribution < 1.29 is 22.0 Å². The predicted octanol–water partition coefficient (Wildman–Crippen LogP) is 3.73. The molecule has 162 valence electrons. The molecule has 2 amide bonds. The van der Waals surface area contributed by atoms with Crippen LogP contribution in [0.3, 0.4) is 0 Å². The zero-order chi connectivity index (χ0) is 20.7. The first kappa shape index (κ1) is 25.6. The van der Waals surface area contributed by atoms with E-state index in [0.717, 1.165) is 32.1 Å². The van der Waals surface area contributed by atoms with E-state index in [9.17, 15) is 14.4 Å². The summed E-state index contributed by atoms with van der Waals surface area (Å²) in [4.78, 5) is 34.7. The zero-order valence-electron chi connectivity index (χ0n) is 17.9. The summed E-state index contributed by atoms with van der Waals surface area (Å²) in [5.74, 6) is 0.897. The summed E-state index contributed by atoms with van der Waals surface area (Å²) in [6.07, 6.45) is 5.17. The van der Waals surface area contributed by atoms with Gasteiger partial charge in [0.2, 0.25) is 11.8 Å². The molecular formula is C21H44N2O4. The summed E-state index contributed by atoms with van der Waals surface area (Å²) in [5, 5.41) is 5.88. The highest BCUT2D eigenvalue weighted by atomic mass is 16.5. The van der Waals surface area contributed by atoms with Crippen molar-refractivity contribution >= 4 is 17.6 Å². The van der Waals surface area contributed by atoms with Crippen molar-refractivity contribution in [2.24, 2.45) is 11.8 Å². The van der Waals surface area contributed by atoms with Crippen LogP contribution in [0.25, 0.3) is 0 Å². The van der Waals surface area contributed by atoms with Crippen LogP contribution in [0.15, 0.2) is 0 Å². The summed E-state index contributed by atoms with van der Waals surface area (Å²) >= 11 is 0. The predicted molar refractivity (Wildman–Crippen MR) is 113 cm³/mol. The highest BCUT2D eigenvalue weighted by Gasteiger charge is 2.24. The number of amides is 2. The molecule has 0 saturated heterocycles. The van der Waals surface area contributed by atoms with Gasteiger partial charge in [0.25, 0.3) is 0 Å². The van der Waals surface area contributed by atoms with Gasteiger partial charge in [-0.25, -0.2) is 0 Å². The second-order valence-electron chi connectivity index (χ2n) is 7.39. The van der Waals surface area contributed by atoms with E-state index < -0.39 is 0 Å². The van der Waals surface area contributed by atoms with Crippen LogP contribution in [0.1, 0.15) is 82.4 Å². The number of ketones is 1. The van der Waals surface area contributed by atoms with Crippen molar-refractivity contribution in [1.82, 2.24) is 10.6 Å². The maximum atomic E-state index is 11.9. The third-order valence-corrected chi connectivity index (χ3v) is 4.52. The molecule has 0 unspecified atom stereocenters. The standard InChI is InChI=1S/C19H34N2O4.C2H6.2H2/c1-14(2)13-19(24)20-10-4-11-25-12-9-18(23)21-17-7-5-16(6-8-17)15(3)22;1-2;;/h14,16-17H,4-13H2,1-3H3,(H,20,24)(H,21,23);1-2H3;2*1H. The summed E-state index contributed by atoms with van der Waals surface area (Å²) in [7, 11) is 0. The maximum Gasteiger partial charge on any atom is 0.222 e. The molecule has 1 aliphatic rings. The summed E-state index contributed by atoms with van der Waals surface area (Å²) in [5.41, 5.74) is 0. The summed E-state index contributed by atoms with van der Waals surface area (Å²) < 4.78 is 5.45. The van der Waals surface area contributed by atoms with E-state index in [-0.39, 0.29) is 32.4 Å². The highest BCUT2D eigenvalue weighted by Crippen LogP contribution is 2.24. The van der Waals surface area contributed by atoms with Gasteiger partial charge in [-0.3, -0.25) is 14.4 Å². The number of rotatable bonds is 11. The third kappa shape index (κ3) is 13.4. The van der Waals surface area contributed by atoms with E-state index in [2.05, 4.69) is 10.6 Å². The van der Waals surface area contributed by atoms with Crippen molar-refractivity contribution in [3.63, 3.8) is 0 Å². The third-order valence-electron chi connectivity index (χ3n) is 4.52. The highest BCUT2D eigenvalue weighted by molar-refractivity contribution is 5.78. The Kier molecular flexibility index (Phi) is 14.8. The molecule has 1 rings (SSSR count). The molecule has 0 bridgehead atoms. The molecule has 1 aliphatic carbocycles. The quantitative estimate of drug-likeness (QED) is 0.528. The molecule has 1 saturated carbocycles. The lowest BCUT2D eigenvalue weighted by Gasteiger charge is -2.27. The van der Waals surface area contributed by atoms with Crippen molar-refractivity contribution in [2.45, 2.75) is 85.6 Å². The topological polar surface area (TPSA) is 84.5 Å². The van der Waals surface area contributed by atoms with E-state index in [1.807, 2.05) is 27.7 Å². The van der Waals surface area contributed by atoms with E-state index in [1.54, 1.807) is 6.92 Å². The van der Waals surface area contributed by atoms with Gasteiger partial charge in [0.1, 0.15) is 5.78 Å². The zero-order valence-corrected chi connectivity index (χ0v) is 17.9. The van der Waals surface area contributed by atoms with Gasteiger partial charge in [0.05, 0.1) is 6.61 Å². The van der Waals surface area contributed by atoms with Crippen LogP contribution >= 0.6 is 0 Å². The molecule has 27 heavy (non-hydrogen) atoms. The molecule has 0 aromatic rings. The normalized spacial score (nSPS) is 19.0. The van der Waals surface area contributed by atoms with E-state index in [4.69, 9.17) is 4.74 Å². The number of hydrogen-bond donors (Lipinski definition) is 2. The molecule has 0 aliphatic heterocycles. The Bertz CT molecular complexity index is 440. The summed E-state index contributed by atoms with van der Waals surface area (Å²) in [6, 6.07) is 0.194. The Labute approximate surface area is 168 Å². The maximum absolute atomic E-state index is 11.9. The van der Waals surface area contributed by atoms with Gasteiger partial charge in [-0.15, -0.1) is 0 Å². The Hall–Kier alpha value is -1.43. The van der Waals surface area contributed by atoms with Crippen LogP contribution in [0, 0.1) is 11.8 Å². The lowest BCUT2D eigenvalue weighted by atomic mass is 9.84. The van der Waals surface area contributed by atoms with Crippen LogP contribution in [0.5, 0.6) is 0 Å². The first-order valence-corrected chi connectivity index (χ1v) is 10.5. The Morgan fingerprint density at radius 3 is 2.22 bits per heavy atom. The van der Waals surface area contributed by atoms with Crippen LogP contribution in [-0.2, 0) is 19.1 Å². The lowest BCUT2D eigenvalue weighted by molar-refractivity contribution is -0.123. The van der Waals surface area contributed by atoms with Crippen molar-refractivity contribution in [2.75, 3.05) is 19.8 Å². The van der Waals surface area contributed by atoms with Crippen LogP contribution in [-0.4, -0.2) is 43.4 Å². The number of carbonyl (C=O) groups excluding carboxylic acids is 3. The first-order valence-electron chi connectivity index (χ1n) is 10.5. The number of nitrogens with one attached hydrogen (secondary N) is 2. The molecule has 0 spiro atoms. The van der Waals surface area contributed by atoms with Crippen LogP contribution < -0.4 is 10.6 Å². The Morgan fingerprint density at radius 1 is 1.04 bits per heavy atom. The molecule has 0 aromatic heterocycles. The molecule has 0 atom stereocenters. The van der Waals surface area contributed by atoms with Crippen molar-refractivity contribution in [3.05, 3.63) is 0 Å². The SMILES string of the molecule is CC.CC(=O)C1CCC(NC(=O)CCOCCCNC(=O)CC(C)C)CC1.[HH].[HH]. The Morgan fingerprint density at radius 2 is 1.67 bits per heavy atom. The van der Waals surface area contributed by atoms with Crippen LogP contribution in [0.2, 0.25) is 0 Å². The molecule has 0 radical (unpaired) electrons. The largest absolute Gasteiger partial charge is 0.381 e. The lowest BCUT2D eigenvalue weighted by Crippen LogP contribution is -2.38. The number of carbonyl (C=O) groups is 3. The number of Topliss-reactive ketones (excluding diaryl/α,β-unsaturated/α-hetero) is 1. The molecule has 6 heteroatoms. The number of ether oxygens (including phenoxy) is 1. The fraction of sp³-hybridized carbons (Fsp3) is 0.857. The van der Waals surface area contributed by atoms with Gasteiger partial charge in [-0.2, -0.15) is 0 Å². The molecule has 0 heterocycles. The average Bonchev–Trinajstić information content (AvgIpc) is 2.62. The van der Waals surface area contributed by atoms with Gasteiger partial charge in [-0.05, 0) is 44.9 Å². The smallest absolute Gasteiger partial charge is 0.222 e. The number of hydrogen-bond acceptors (Lipinski definition) is 4. The fourth-order valence-corrected chi connectivity index (χ4v) is 3.06. The molecular weight excluding hydrogens is 344 g/mol. The Balaban J connectivity index is -0.00000163. The molecule has 2 N–H and O–H groups in total. The average molecular weight is 389 g/mol. The van der Waals surface area contributed by atoms with Gasteiger partial charge in [-0.1, -0.05) is 27.7 Å². The first-order chi connectivity index (χ1) is 12.9. The minimum atomic E-state index is 0. The monoisotopic (exact) mass is 388 g/mol. The second-order valence-corrected chi connectivity index (χ2v) is 7.39. The van der Waals surface area contributed by atoms with E-state index in [1.165, 1.54) is 0 Å². The molecule has 6 nitrogen and oxygen atoms in total. The van der Waals surface area contributed by atoms with Gasteiger partial charge in [0, 0.05) is 40.8 Å². The van der Waals surface area contributed by atoms with Gasteiger partial charge in [0.15, 0.2) is 0 Å². The van der Waals surface area contributed by atoms with Crippen LogP contribution in [0.4, 0.5) is 0 Å². The van der Waals surface area contributed by atoms with Gasteiger partial charge >= 0.3 is 0 Å². The molecule has 0 aromatic carbocycles. The van der Waals surface area contributed by atoms with Crippen molar-refractivity contribution in [1.29, 1.82) is 0 Å². The second kappa shape index (κ2) is 15.6. The van der Waals surface area contributed by atoms with E-state index >= 15 is 0 Å². The fourth-order valence-electron chi connectivity index (χ4n) is 3.06. The minimum absolute atomic E-state index is 0. The van der Waals surface area contributed by atoms with E-state index in [0.29, 0.717) is 38.5 Å². The van der Waals surface area contributed by atoms with Gasteiger partial charge < -0.3 is 15.4 Å². The minimum Gasteiger partial charge on any atom is -0.381 e.